The highest BCUT2D eigenvalue weighted by Gasteiger charge is 2.18. The van der Waals surface area contributed by atoms with Gasteiger partial charge in [0, 0.05) is 12.5 Å². The van der Waals surface area contributed by atoms with E-state index in [4.69, 9.17) is 10.8 Å². The highest BCUT2D eigenvalue weighted by Crippen LogP contribution is 2.20. The van der Waals surface area contributed by atoms with Crippen LogP contribution in [0.5, 0.6) is 0 Å². The first kappa shape index (κ1) is 13.6. The van der Waals surface area contributed by atoms with E-state index in [9.17, 15) is 14.3 Å². The SMILES string of the molecule is Cc1cc(C(O)C(N)CCC(=O)O)ccc1F. The predicted octanol–water partition coefficient (Wildman–Crippen LogP) is 1.36. The summed E-state index contributed by atoms with van der Waals surface area (Å²) in [7, 11) is 0. The quantitative estimate of drug-likeness (QED) is 0.726. The summed E-state index contributed by atoms with van der Waals surface area (Å²) < 4.78 is 13.0. The van der Waals surface area contributed by atoms with Gasteiger partial charge in [-0.3, -0.25) is 4.79 Å². The largest absolute Gasteiger partial charge is 0.481 e. The fourth-order valence-electron chi connectivity index (χ4n) is 1.55. The van der Waals surface area contributed by atoms with E-state index in [0.717, 1.165) is 0 Å². The van der Waals surface area contributed by atoms with Crippen LogP contribution in [0.2, 0.25) is 0 Å². The van der Waals surface area contributed by atoms with Gasteiger partial charge in [-0.2, -0.15) is 0 Å². The molecule has 4 N–H and O–H groups in total. The molecule has 0 radical (unpaired) electrons. The number of aliphatic hydroxyl groups excluding tert-OH is 1. The van der Waals surface area contributed by atoms with Crippen molar-refractivity contribution in [2.24, 2.45) is 5.73 Å². The average molecular weight is 241 g/mol. The van der Waals surface area contributed by atoms with E-state index in [2.05, 4.69) is 0 Å². The van der Waals surface area contributed by atoms with Gasteiger partial charge in [-0.05, 0) is 30.5 Å². The molecule has 0 saturated carbocycles. The van der Waals surface area contributed by atoms with Crippen molar-refractivity contribution in [3.8, 4) is 0 Å². The summed E-state index contributed by atoms with van der Waals surface area (Å²) in [5, 5.41) is 18.4. The first-order chi connectivity index (χ1) is 7.91. The van der Waals surface area contributed by atoms with Crippen LogP contribution in [0.1, 0.15) is 30.1 Å². The average Bonchev–Trinajstić information content (AvgIpc) is 2.28. The lowest BCUT2D eigenvalue weighted by molar-refractivity contribution is -0.137. The zero-order valence-electron chi connectivity index (χ0n) is 9.56. The Bertz CT molecular complexity index is 409. The van der Waals surface area contributed by atoms with Crippen LogP contribution in [0.4, 0.5) is 4.39 Å². The number of benzene rings is 1. The fourth-order valence-corrected chi connectivity index (χ4v) is 1.55. The maximum Gasteiger partial charge on any atom is 0.303 e. The van der Waals surface area contributed by atoms with E-state index in [1.807, 2.05) is 0 Å². The molecule has 0 aliphatic heterocycles. The van der Waals surface area contributed by atoms with Crippen LogP contribution in [-0.2, 0) is 4.79 Å². The Labute approximate surface area is 98.9 Å². The number of halogens is 1. The molecule has 0 spiro atoms. The number of hydrogen-bond acceptors (Lipinski definition) is 3. The number of carboxylic acids is 1. The summed E-state index contributed by atoms with van der Waals surface area (Å²) in [6.45, 7) is 1.59. The third-order valence-electron chi connectivity index (χ3n) is 2.62. The molecule has 1 rings (SSSR count). The Morgan fingerprint density at radius 2 is 2.18 bits per heavy atom. The number of aliphatic hydroxyl groups is 1. The first-order valence-corrected chi connectivity index (χ1v) is 5.33. The standard InChI is InChI=1S/C12H16FNO3/c1-7-6-8(2-3-9(7)13)12(17)10(14)4-5-11(15)16/h2-3,6,10,12,17H,4-5,14H2,1H3,(H,15,16). The summed E-state index contributed by atoms with van der Waals surface area (Å²) in [5.74, 6) is -1.30. The molecule has 0 amide bonds. The molecule has 94 valence electrons. The van der Waals surface area contributed by atoms with Crippen molar-refractivity contribution < 1.29 is 19.4 Å². The first-order valence-electron chi connectivity index (χ1n) is 5.33. The van der Waals surface area contributed by atoms with Crippen molar-refractivity contribution in [2.75, 3.05) is 0 Å². The molecule has 0 heterocycles. The van der Waals surface area contributed by atoms with E-state index in [-0.39, 0.29) is 18.7 Å². The smallest absolute Gasteiger partial charge is 0.303 e. The van der Waals surface area contributed by atoms with Crippen LogP contribution >= 0.6 is 0 Å². The zero-order valence-corrected chi connectivity index (χ0v) is 9.56. The lowest BCUT2D eigenvalue weighted by Gasteiger charge is -2.19. The van der Waals surface area contributed by atoms with Gasteiger partial charge in [0.05, 0.1) is 6.10 Å². The summed E-state index contributed by atoms with van der Waals surface area (Å²) in [6.07, 6.45) is -0.903. The minimum atomic E-state index is -0.978. The molecular formula is C12H16FNO3. The van der Waals surface area contributed by atoms with Crippen molar-refractivity contribution >= 4 is 5.97 Å². The molecule has 1 aromatic rings. The highest BCUT2D eigenvalue weighted by molar-refractivity contribution is 5.66. The molecule has 0 aliphatic carbocycles. The van der Waals surface area contributed by atoms with Crippen LogP contribution < -0.4 is 5.73 Å². The number of nitrogens with two attached hydrogens (primary N) is 1. The monoisotopic (exact) mass is 241 g/mol. The Hall–Kier alpha value is -1.46. The van der Waals surface area contributed by atoms with Crippen LogP contribution in [0.25, 0.3) is 0 Å². The molecular weight excluding hydrogens is 225 g/mol. The summed E-state index contributed by atoms with van der Waals surface area (Å²) >= 11 is 0. The molecule has 0 fully saturated rings. The van der Waals surface area contributed by atoms with Gasteiger partial charge in [0.1, 0.15) is 5.82 Å². The summed E-state index contributed by atoms with van der Waals surface area (Å²) in [6, 6.07) is 3.56. The fraction of sp³-hybridized carbons (Fsp3) is 0.417. The Morgan fingerprint density at radius 1 is 1.53 bits per heavy atom. The van der Waals surface area contributed by atoms with E-state index in [1.165, 1.54) is 18.2 Å². The summed E-state index contributed by atoms with van der Waals surface area (Å²) in [5.41, 5.74) is 6.60. The van der Waals surface area contributed by atoms with Crippen molar-refractivity contribution in [3.05, 3.63) is 35.1 Å². The molecule has 2 unspecified atom stereocenters. The summed E-state index contributed by atoms with van der Waals surface area (Å²) in [4.78, 5) is 10.4. The van der Waals surface area contributed by atoms with Crippen molar-refractivity contribution in [1.29, 1.82) is 0 Å². The van der Waals surface area contributed by atoms with E-state index in [1.54, 1.807) is 6.92 Å². The van der Waals surface area contributed by atoms with Gasteiger partial charge in [0.2, 0.25) is 0 Å². The zero-order chi connectivity index (χ0) is 13.0. The Morgan fingerprint density at radius 3 is 2.71 bits per heavy atom. The van der Waals surface area contributed by atoms with E-state index < -0.39 is 18.1 Å². The lowest BCUT2D eigenvalue weighted by atomic mass is 9.98. The minimum Gasteiger partial charge on any atom is -0.481 e. The molecule has 4 nitrogen and oxygen atoms in total. The normalized spacial score (nSPS) is 14.4. The van der Waals surface area contributed by atoms with Crippen LogP contribution in [0, 0.1) is 12.7 Å². The molecule has 5 heteroatoms. The van der Waals surface area contributed by atoms with Gasteiger partial charge in [0.25, 0.3) is 0 Å². The third-order valence-corrected chi connectivity index (χ3v) is 2.62. The molecule has 17 heavy (non-hydrogen) atoms. The van der Waals surface area contributed by atoms with Gasteiger partial charge in [-0.1, -0.05) is 12.1 Å². The van der Waals surface area contributed by atoms with Crippen molar-refractivity contribution in [2.45, 2.75) is 31.9 Å². The van der Waals surface area contributed by atoms with Gasteiger partial charge in [0.15, 0.2) is 0 Å². The van der Waals surface area contributed by atoms with Gasteiger partial charge in [-0.25, -0.2) is 4.39 Å². The second kappa shape index (κ2) is 5.75. The molecule has 0 saturated heterocycles. The number of carboxylic acid groups (broad SMARTS) is 1. The number of aliphatic carboxylic acids is 1. The third kappa shape index (κ3) is 3.80. The van der Waals surface area contributed by atoms with E-state index in [0.29, 0.717) is 11.1 Å². The highest BCUT2D eigenvalue weighted by atomic mass is 19.1. The topological polar surface area (TPSA) is 83.5 Å². The maximum absolute atomic E-state index is 13.0. The molecule has 2 atom stereocenters. The van der Waals surface area contributed by atoms with Gasteiger partial charge in [-0.15, -0.1) is 0 Å². The van der Waals surface area contributed by atoms with E-state index >= 15 is 0 Å². The van der Waals surface area contributed by atoms with Crippen LogP contribution in [0.15, 0.2) is 18.2 Å². The maximum atomic E-state index is 13.0. The molecule has 0 aliphatic rings. The predicted molar refractivity (Wildman–Crippen MR) is 60.9 cm³/mol. The second-order valence-electron chi connectivity index (χ2n) is 4.05. The molecule has 0 aromatic heterocycles. The number of hydrogen-bond donors (Lipinski definition) is 3. The van der Waals surface area contributed by atoms with Crippen LogP contribution in [-0.4, -0.2) is 22.2 Å². The van der Waals surface area contributed by atoms with Crippen LogP contribution in [0.3, 0.4) is 0 Å². The number of carbonyl (C=O) groups is 1. The van der Waals surface area contributed by atoms with Crippen molar-refractivity contribution in [3.63, 3.8) is 0 Å². The minimum absolute atomic E-state index is 0.0988. The number of aryl methyl sites for hydroxylation is 1. The second-order valence-corrected chi connectivity index (χ2v) is 4.05. The van der Waals surface area contributed by atoms with Crippen molar-refractivity contribution in [1.82, 2.24) is 0 Å². The number of rotatable bonds is 5. The Balaban J connectivity index is 2.70. The van der Waals surface area contributed by atoms with Gasteiger partial charge < -0.3 is 15.9 Å². The van der Waals surface area contributed by atoms with Gasteiger partial charge >= 0.3 is 5.97 Å². The molecule has 0 bridgehead atoms. The molecule has 1 aromatic carbocycles. The Kier molecular flexibility index (Phi) is 4.60. The lowest BCUT2D eigenvalue weighted by Crippen LogP contribution is -2.29.